The van der Waals surface area contributed by atoms with Gasteiger partial charge >= 0.3 is 0 Å². The highest BCUT2D eigenvalue weighted by Crippen LogP contribution is 2.32. The highest BCUT2D eigenvalue weighted by Gasteiger charge is 2.33. The van der Waals surface area contributed by atoms with E-state index in [9.17, 15) is 13.2 Å². The van der Waals surface area contributed by atoms with Crippen LogP contribution in [0.2, 0.25) is 0 Å². The predicted molar refractivity (Wildman–Crippen MR) is 123 cm³/mol. The van der Waals surface area contributed by atoms with Gasteiger partial charge in [0.15, 0.2) is 0 Å². The van der Waals surface area contributed by atoms with Crippen LogP contribution >= 0.6 is 11.5 Å². The molecular formula is C22H24N4O4S2. The van der Waals surface area contributed by atoms with E-state index in [-0.39, 0.29) is 22.3 Å². The summed E-state index contributed by atoms with van der Waals surface area (Å²) in [5, 5.41) is 8.68. The molecule has 1 unspecified atom stereocenters. The van der Waals surface area contributed by atoms with Crippen LogP contribution in [0.1, 0.15) is 36.5 Å². The molecule has 1 aromatic heterocycles. The Morgan fingerprint density at radius 2 is 1.97 bits per heavy atom. The lowest BCUT2D eigenvalue weighted by Gasteiger charge is -2.32. The van der Waals surface area contributed by atoms with E-state index >= 15 is 0 Å². The second-order valence-electron chi connectivity index (χ2n) is 7.65. The molecule has 0 saturated carbocycles. The van der Waals surface area contributed by atoms with Crippen LogP contribution in [0.25, 0.3) is 11.3 Å². The SMILES string of the molecule is COc1ccc(C(=O)Nc2ccc(-c3csnn3)cc2)cc1S(=O)(=O)N1CCCCC1C. The van der Waals surface area contributed by atoms with Crippen molar-refractivity contribution in [1.82, 2.24) is 13.9 Å². The molecule has 1 aliphatic heterocycles. The monoisotopic (exact) mass is 472 g/mol. The second-order valence-corrected chi connectivity index (χ2v) is 10.1. The first-order valence-electron chi connectivity index (χ1n) is 10.3. The maximum Gasteiger partial charge on any atom is 0.255 e. The number of carbonyl (C=O) groups is 1. The minimum absolute atomic E-state index is 0.00720. The van der Waals surface area contributed by atoms with E-state index in [1.165, 1.54) is 35.1 Å². The van der Waals surface area contributed by atoms with Crippen LogP contribution in [0.3, 0.4) is 0 Å². The van der Waals surface area contributed by atoms with Gasteiger partial charge in [-0.05, 0) is 61.6 Å². The summed E-state index contributed by atoms with van der Waals surface area (Å²) in [6.07, 6.45) is 2.64. The summed E-state index contributed by atoms with van der Waals surface area (Å²) in [4.78, 5) is 12.9. The molecule has 1 saturated heterocycles. The molecule has 0 spiro atoms. The molecule has 1 aliphatic rings. The molecule has 1 N–H and O–H groups in total. The average Bonchev–Trinajstić information content (AvgIpc) is 3.34. The van der Waals surface area contributed by atoms with Crippen LogP contribution in [0.15, 0.2) is 52.7 Å². The second kappa shape index (κ2) is 9.35. The molecule has 0 radical (unpaired) electrons. The van der Waals surface area contributed by atoms with Crippen molar-refractivity contribution in [3.63, 3.8) is 0 Å². The number of nitrogens with zero attached hydrogens (tertiary/aromatic N) is 3. The van der Waals surface area contributed by atoms with Gasteiger partial charge in [-0.3, -0.25) is 4.79 Å². The zero-order chi connectivity index (χ0) is 22.7. The van der Waals surface area contributed by atoms with Crippen LogP contribution in [0, 0.1) is 0 Å². The van der Waals surface area contributed by atoms with Crippen molar-refractivity contribution in [3.05, 3.63) is 53.4 Å². The largest absolute Gasteiger partial charge is 0.495 e. The summed E-state index contributed by atoms with van der Waals surface area (Å²) in [6, 6.07) is 11.6. The first-order chi connectivity index (χ1) is 15.4. The zero-order valence-corrected chi connectivity index (χ0v) is 19.4. The summed E-state index contributed by atoms with van der Waals surface area (Å²) in [5.74, 6) is -0.181. The molecule has 2 aromatic carbocycles. The smallest absolute Gasteiger partial charge is 0.255 e. The Hall–Kier alpha value is -2.82. The molecule has 3 aromatic rings. The summed E-state index contributed by atoms with van der Waals surface area (Å²) >= 11 is 1.27. The number of carbonyl (C=O) groups excluding carboxylic acids is 1. The number of anilines is 1. The van der Waals surface area contributed by atoms with Gasteiger partial charge in [0.25, 0.3) is 5.91 Å². The molecule has 1 fully saturated rings. The molecular weight excluding hydrogens is 448 g/mol. The van der Waals surface area contributed by atoms with Crippen molar-refractivity contribution in [2.24, 2.45) is 0 Å². The molecule has 4 rings (SSSR count). The third kappa shape index (κ3) is 4.52. The molecule has 1 amide bonds. The number of sulfonamides is 1. The lowest BCUT2D eigenvalue weighted by molar-refractivity contribution is 0.102. The first kappa shape index (κ1) is 22.4. The number of methoxy groups -OCH3 is 1. The van der Waals surface area contributed by atoms with Crippen molar-refractivity contribution in [2.45, 2.75) is 37.1 Å². The van der Waals surface area contributed by atoms with Crippen LogP contribution < -0.4 is 10.1 Å². The van der Waals surface area contributed by atoms with E-state index in [0.717, 1.165) is 30.5 Å². The Labute approximate surface area is 191 Å². The van der Waals surface area contributed by atoms with E-state index in [4.69, 9.17) is 4.74 Å². The maximum atomic E-state index is 13.4. The zero-order valence-electron chi connectivity index (χ0n) is 17.8. The van der Waals surface area contributed by atoms with Crippen molar-refractivity contribution < 1.29 is 17.9 Å². The number of nitrogens with one attached hydrogen (secondary N) is 1. The van der Waals surface area contributed by atoms with Gasteiger partial charge in [-0.15, -0.1) is 5.10 Å². The third-order valence-corrected chi connectivity index (χ3v) is 8.09. The van der Waals surface area contributed by atoms with Crippen LogP contribution in [-0.2, 0) is 10.0 Å². The highest BCUT2D eigenvalue weighted by molar-refractivity contribution is 7.89. The minimum Gasteiger partial charge on any atom is -0.495 e. The number of hydrogen-bond acceptors (Lipinski definition) is 7. The fourth-order valence-corrected chi connectivity index (χ4v) is 6.14. The fraction of sp³-hybridized carbons (Fsp3) is 0.318. The van der Waals surface area contributed by atoms with E-state index < -0.39 is 15.9 Å². The highest BCUT2D eigenvalue weighted by atomic mass is 32.2. The normalized spacial score (nSPS) is 17.1. The third-order valence-electron chi connectivity index (χ3n) is 5.55. The lowest BCUT2D eigenvalue weighted by atomic mass is 10.1. The van der Waals surface area contributed by atoms with Gasteiger partial charge in [0.1, 0.15) is 16.3 Å². The first-order valence-corrected chi connectivity index (χ1v) is 12.6. The van der Waals surface area contributed by atoms with E-state index in [1.807, 2.05) is 24.4 Å². The van der Waals surface area contributed by atoms with E-state index in [1.54, 1.807) is 18.2 Å². The molecule has 168 valence electrons. The minimum atomic E-state index is -3.80. The summed E-state index contributed by atoms with van der Waals surface area (Å²) < 4.78 is 37.4. The molecule has 0 bridgehead atoms. The Morgan fingerprint density at radius 3 is 2.62 bits per heavy atom. The van der Waals surface area contributed by atoms with Gasteiger partial charge in [-0.25, -0.2) is 8.42 Å². The number of hydrogen-bond donors (Lipinski definition) is 1. The van der Waals surface area contributed by atoms with Gasteiger partial charge in [0.2, 0.25) is 10.0 Å². The van der Waals surface area contributed by atoms with Crippen molar-refractivity contribution in [1.29, 1.82) is 0 Å². The maximum absolute atomic E-state index is 13.4. The predicted octanol–water partition coefficient (Wildman–Crippen LogP) is 4.03. The Balaban J connectivity index is 1.58. The fourth-order valence-electron chi connectivity index (χ4n) is 3.79. The van der Waals surface area contributed by atoms with Gasteiger partial charge < -0.3 is 10.1 Å². The Bertz CT molecular complexity index is 1200. The van der Waals surface area contributed by atoms with Crippen molar-refractivity contribution in [3.8, 4) is 17.0 Å². The Kier molecular flexibility index (Phi) is 6.54. The number of ether oxygens (including phenoxy) is 1. The molecule has 1 atom stereocenters. The van der Waals surface area contributed by atoms with Gasteiger partial charge in [0.05, 0.1) is 7.11 Å². The summed E-state index contributed by atoms with van der Waals surface area (Å²) in [5.41, 5.74) is 2.49. The van der Waals surface area contributed by atoms with Gasteiger partial charge in [0, 0.05) is 34.8 Å². The molecule has 10 heteroatoms. The van der Waals surface area contributed by atoms with Crippen LogP contribution in [-0.4, -0.2) is 47.9 Å². The number of amides is 1. The van der Waals surface area contributed by atoms with Crippen LogP contribution in [0.5, 0.6) is 5.75 Å². The van der Waals surface area contributed by atoms with Gasteiger partial charge in [-0.2, -0.15) is 4.31 Å². The van der Waals surface area contributed by atoms with Crippen molar-refractivity contribution in [2.75, 3.05) is 19.0 Å². The number of rotatable bonds is 6. The quantitative estimate of drug-likeness (QED) is 0.581. The van der Waals surface area contributed by atoms with Gasteiger partial charge in [-0.1, -0.05) is 23.0 Å². The number of aromatic nitrogens is 2. The van der Waals surface area contributed by atoms with E-state index in [0.29, 0.717) is 12.2 Å². The Morgan fingerprint density at radius 1 is 1.19 bits per heavy atom. The summed E-state index contributed by atoms with van der Waals surface area (Å²) in [7, 11) is -2.37. The molecule has 0 aliphatic carbocycles. The van der Waals surface area contributed by atoms with Crippen LogP contribution in [0.4, 0.5) is 5.69 Å². The molecule has 32 heavy (non-hydrogen) atoms. The molecule has 2 heterocycles. The number of piperidine rings is 1. The summed E-state index contributed by atoms with van der Waals surface area (Å²) in [6.45, 7) is 2.37. The number of benzene rings is 2. The standard InChI is InChI=1S/C22H24N4O4S2/c1-15-5-3-4-12-26(15)32(28,29)21-13-17(8-11-20(21)30-2)22(27)23-18-9-6-16(7-10-18)19-14-31-25-24-19/h6-11,13-15H,3-5,12H2,1-2H3,(H,23,27). The molecule has 8 nitrogen and oxygen atoms in total. The van der Waals surface area contributed by atoms with E-state index in [2.05, 4.69) is 14.9 Å². The topological polar surface area (TPSA) is 101 Å². The average molecular weight is 473 g/mol. The lowest BCUT2D eigenvalue weighted by Crippen LogP contribution is -2.42. The van der Waals surface area contributed by atoms with Crippen molar-refractivity contribution >= 4 is 33.2 Å².